The molecule has 0 unspecified atom stereocenters. The van der Waals surface area contributed by atoms with E-state index in [2.05, 4.69) is 66.2 Å². The van der Waals surface area contributed by atoms with E-state index in [1.165, 1.54) is 27.8 Å². The van der Waals surface area contributed by atoms with E-state index in [0.29, 0.717) is 6.61 Å². The summed E-state index contributed by atoms with van der Waals surface area (Å²) in [6, 6.07) is 14.9. The molecule has 1 aromatic heterocycles. The Kier molecular flexibility index (Phi) is 6.62. The molecule has 0 aliphatic carbocycles. The van der Waals surface area contributed by atoms with Crippen LogP contribution < -0.4 is 4.90 Å². The second-order valence-electron chi connectivity index (χ2n) is 8.40. The zero-order valence-electron chi connectivity index (χ0n) is 18.9. The van der Waals surface area contributed by atoms with Gasteiger partial charge in [0.25, 0.3) is 0 Å². The molecule has 4 rings (SSSR count). The van der Waals surface area contributed by atoms with Crippen molar-refractivity contribution in [3.8, 4) is 0 Å². The number of anilines is 1. The van der Waals surface area contributed by atoms with Crippen molar-refractivity contribution in [1.29, 1.82) is 0 Å². The van der Waals surface area contributed by atoms with Crippen LogP contribution in [0.5, 0.6) is 0 Å². The number of hydrogen-bond acceptors (Lipinski definition) is 4. The number of benzene rings is 2. The average molecular weight is 420 g/mol. The lowest BCUT2D eigenvalue weighted by Crippen LogP contribution is -2.47. The average Bonchev–Trinajstić information content (AvgIpc) is 3.12. The van der Waals surface area contributed by atoms with Crippen molar-refractivity contribution in [1.82, 2.24) is 9.47 Å². The fraction of sp³-hybridized carbons (Fsp3) is 0.423. The molecule has 2 heterocycles. The van der Waals surface area contributed by atoms with Crippen molar-refractivity contribution in [2.75, 3.05) is 44.2 Å². The third-order valence-electron chi connectivity index (χ3n) is 6.46. The molecule has 3 aromatic rings. The number of piperazine rings is 1. The summed E-state index contributed by atoms with van der Waals surface area (Å²) in [7, 11) is 0. The summed E-state index contributed by atoms with van der Waals surface area (Å²) >= 11 is 0. The molecule has 1 fully saturated rings. The van der Waals surface area contributed by atoms with Crippen molar-refractivity contribution >= 4 is 22.6 Å². The van der Waals surface area contributed by atoms with Crippen LogP contribution in [0.3, 0.4) is 0 Å². The van der Waals surface area contributed by atoms with Gasteiger partial charge < -0.3 is 14.2 Å². The number of aryl methyl sites for hydroxylation is 1. The predicted molar refractivity (Wildman–Crippen MR) is 127 cm³/mol. The molecule has 0 radical (unpaired) electrons. The monoisotopic (exact) mass is 419 g/mol. The molecular formula is C26H33N3O2. The molecule has 1 saturated heterocycles. The van der Waals surface area contributed by atoms with Gasteiger partial charge in [0, 0.05) is 55.5 Å². The van der Waals surface area contributed by atoms with Crippen LogP contribution in [0.15, 0.2) is 48.7 Å². The molecule has 5 nitrogen and oxygen atoms in total. The van der Waals surface area contributed by atoms with Crippen molar-refractivity contribution < 1.29 is 9.53 Å². The SMILES string of the molecule is CCOC(=O)Cn1cc(CCN2CCN(c3cccc(C)c3C)CC2)c2ccccc21. The van der Waals surface area contributed by atoms with Crippen molar-refractivity contribution in [2.45, 2.75) is 33.7 Å². The van der Waals surface area contributed by atoms with Crippen LogP contribution >= 0.6 is 0 Å². The first kappa shape index (κ1) is 21.4. The number of rotatable bonds is 7. The molecule has 164 valence electrons. The van der Waals surface area contributed by atoms with Crippen LogP contribution in [0, 0.1) is 13.8 Å². The molecule has 31 heavy (non-hydrogen) atoms. The molecule has 0 saturated carbocycles. The number of esters is 1. The minimum absolute atomic E-state index is 0.183. The molecule has 0 N–H and O–H groups in total. The van der Waals surface area contributed by atoms with E-state index in [1.807, 2.05) is 17.6 Å². The van der Waals surface area contributed by atoms with Gasteiger partial charge in [-0.3, -0.25) is 9.69 Å². The predicted octanol–water partition coefficient (Wildman–Crippen LogP) is 4.19. The number of nitrogens with zero attached hydrogens (tertiary/aromatic N) is 3. The van der Waals surface area contributed by atoms with E-state index in [-0.39, 0.29) is 12.5 Å². The summed E-state index contributed by atoms with van der Waals surface area (Å²) < 4.78 is 7.18. The van der Waals surface area contributed by atoms with Gasteiger partial charge in [0.05, 0.1) is 6.61 Å². The lowest BCUT2D eigenvalue weighted by molar-refractivity contribution is -0.143. The molecule has 2 aromatic carbocycles. The molecule has 1 aliphatic rings. The largest absolute Gasteiger partial charge is 0.465 e. The Morgan fingerprint density at radius 2 is 1.77 bits per heavy atom. The van der Waals surface area contributed by atoms with E-state index in [0.717, 1.165) is 44.7 Å². The van der Waals surface area contributed by atoms with Crippen LogP contribution in [0.25, 0.3) is 10.9 Å². The third-order valence-corrected chi connectivity index (χ3v) is 6.46. The van der Waals surface area contributed by atoms with Gasteiger partial charge in [-0.05, 0) is 56.0 Å². The van der Waals surface area contributed by atoms with E-state index in [1.54, 1.807) is 0 Å². The third kappa shape index (κ3) is 4.77. The maximum absolute atomic E-state index is 12.0. The molecular weight excluding hydrogens is 386 g/mol. The summed E-state index contributed by atoms with van der Waals surface area (Å²) in [5.41, 5.74) is 6.54. The Labute approximate surface area is 185 Å². The number of carbonyl (C=O) groups is 1. The first-order valence-corrected chi connectivity index (χ1v) is 11.3. The van der Waals surface area contributed by atoms with Crippen LogP contribution in [-0.2, 0) is 22.5 Å². The van der Waals surface area contributed by atoms with E-state index in [4.69, 9.17) is 4.74 Å². The molecule has 0 amide bonds. The van der Waals surface area contributed by atoms with Crippen molar-refractivity contribution in [3.63, 3.8) is 0 Å². The molecule has 0 spiro atoms. The van der Waals surface area contributed by atoms with Gasteiger partial charge in [0.2, 0.25) is 0 Å². The number of hydrogen-bond donors (Lipinski definition) is 0. The summed E-state index contributed by atoms with van der Waals surface area (Å²) in [5.74, 6) is -0.183. The van der Waals surface area contributed by atoms with Crippen LogP contribution in [0.2, 0.25) is 0 Å². The van der Waals surface area contributed by atoms with Crippen LogP contribution in [-0.4, -0.2) is 54.8 Å². The second-order valence-corrected chi connectivity index (χ2v) is 8.40. The maximum atomic E-state index is 12.0. The molecule has 0 bridgehead atoms. The standard InChI is InChI=1S/C26H33N3O2/c1-4-31-26(30)19-29-18-22(23-9-5-6-10-25(23)29)12-13-27-14-16-28(17-15-27)24-11-7-8-20(2)21(24)3/h5-11,18H,4,12-17,19H2,1-3H3. The summed E-state index contributed by atoms with van der Waals surface area (Å²) in [4.78, 5) is 17.1. The van der Waals surface area contributed by atoms with E-state index < -0.39 is 0 Å². The summed E-state index contributed by atoms with van der Waals surface area (Å²) in [6.07, 6.45) is 3.12. The second kappa shape index (κ2) is 9.56. The molecule has 1 aliphatic heterocycles. The Hall–Kier alpha value is -2.79. The van der Waals surface area contributed by atoms with Crippen molar-refractivity contribution in [2.24, 2.45) is 0 Å². The first-order valence-electron chi connectivity index (χ1n) is 11.3. The number of fused-ring (bicyclic) bond motifs is 1. The fourth-order valence-electron chi connectivity index (χ4n) is 4.57. The number of carbonyl (C=O) groups excluding carboxylic acids is 1. The van der Waals surface area contributed by atoms with Gasteiger partial charge in [-0.1, -0.05) is 30.3 Å². The smallest absolute Gasteiger partial charge is 0.325 e. The number of para-hydroxylation sites is 1. The van der Waals surface area contributed by atoms with Gasteiger partial charge in [-0.2, -0.15) is 0 Å². The molecule has 0 atom stereocenters. The van der Waals surface area contributed by atoms with E-state index in [9.17, 15) is 4.79 Å². The lowest BCUT2D eigenvalue weighted by Gasteiger charge is -2.37. The Balaban J connectivity index is 1.39. The van der Waals surface area contributed by atoms with Gasteiger partial charge in [0.1, 0.15) is 6.54 Å². The Bertz CT molecular complexity index is 1050. The number of ether oxygens (including phenoxy) is 1. The zero-order chi connectivity index (χ0) is 21.8. The van der Waals surface area contributed by atoms with Gasteiger partial charge in [0.15, 0.2) is 0 Å². The number of aromatic nitrogens is 1. The summed E-state index contributed by atoms with van der Waals surface area (Å²) in [6.45, 7) is 12.3. The fourth-order valence-corrected chi connectivity index (χ4v) is 4.57. The van der Waals surface area contributed by atoms with Crippen LogP contribution in [0.4, 0.5) is 5.69 Å². The lowest BCUT2D eigenvalue weighted by atomic mass is 10.1. The highest BCUT2D eigenvalue weighted by molar-refractivity contribution is 5.85. The minimum atomic E-state index is -0.183. The Morgan fingerprint density at radius 1 is 1.00 bits per heavy atom. The maximum Gasteiger partial charge on any atom is 0.325 e. The first-order chi connectivity index (χ1) is 15.1. The van der Waals surface area contributed by atoms with Gasteiger partial charge in [-0.15, -0.1) is 0 Å². The van der Waals surface area contributed by atoms with Gasteiger partial charge >= 0.3 is 5.97 Å². The Morgan fingerprint density at radius 3 is 2.55 bits per heavy atom. The van der Waals surface area contributed by atoms with Gasteiger partial charge in [-0.25, -0.2) is 0 Å². The summed E-state index contributed by atoms with van der Waals surface area (Å²) in [5, 5.41) is 1.24. The normalized spacial score (nSPS) is 14.9. The minimum Gasteiger partial charge on any atom is -0.465 e. The van der Waals surface area contributed by atoms with Crippen LogP contribution in [0.1, 0.15) is 23.6 Å². The zero-order valence-corrected chi connectivity index (χ0v) is 18.9. The topological polar surface area (TPSA) is 37.7 Å². The highest BCUT2D eigenvalue weighted by Gasteiger charge is 2.19. The highest BCUT2D eigenvalue weighted by Crippen LogP contribution is 2.25. The highest BCUT2D eigenvalue weighted by atomic mass is 16.5. The van der Waals surface area contributed by atoms with E-state index >= 15 is 0 Å². The quantitative estimate of drug-likeness (QED) is 0.539. The van der Waals surface area contributed by atoms with Crippen molar-refractivity contribution in [3.05, 3.63) is 65.4 Å². The molecule has 5 heteroatoms.